The Morgan fingerprint density at radius 1 is 1.35 bits per heavy atom. The van der Waals surface area contributed by atoms with E-state index in [1.165, 1.54) is 0 Å². The molecule has 0 saturated carbocycles. The minimum absolute atomic E-state index is 0. The second-order valence-corrected chi connectivity index (χ2v) is 4.87. The van der Waals surface area contributed by atoms with Gasteiger partial charge in [-0.05, 0) is 31.0 Å². The lowest BCUT2D eigenvalue weighted by molar-refractivity contribution is -0.126. The van der Waals surface area contributed by atoms with E-state index in [0.717, 1.165) is 6.42 Å². The number of hydrogen-bond acceptors (Lipinski definition) is 5. The lowest BCUT2D eigenvalue weighted by Crippen LogP contribution is -2.30. The summed E-state index contributed by atoms with van der Waals surface area (Å²) in [7, 11) is 0. The average Bonchev–Trinajstić information content (AvgIpc) is 3.19. The first-order valence-electron chi connectivity index (χ1n) is 6.89. The van der Waals surface area contributed by atoms with Crippen LogP contribution in [0.3, 0.4) is 0 Å². The van der Waals surface area contributed by atoms with Crippen molar-refractivity contribution in [3.8, 4) is 5.82 Å². The lowest BCUT2D eigenvalue weighted by Gasteiger charge is -2.14. The van der Waals surface area contributed by atoms with Gasteiger partial charge in [-0.25, -0.2) is 9.67 Å². The molecule has 2 aromatic heterocycles. The molecule has 1 saturated heterocycles. The highest BCUT2D eigenvalue weighted by Crippen LogP contribution is 2.22. The monoisotopic (exact) mass is 359 g/mol. The fraction of sp³-hybridized carbons (Fsp3) is 0.357. The molecular formula is C14H19Cl2N5O2. The van der Waals surface area contributed by atoms with Crippen LogP contribution in [0.5, 0.6) is 0 Å². The summed E-state index contributed by atoms with van der Waals surface area (Å²) >= 11 is 0. The number of nitrogens with two attached hydrogens (primary N) is 1. The van der Waals surface area contributed by atoms with Gasteiger partial charge in [-0.1, -0.05) is 0 Å². The number of aromatic nitrogens is 3. The molecule has 0 aliphatic carbocycles. The van der Waals surface area contributed by atoms with Gasteiger partial charge >= 0.3 is 0 Å². The summed E-state index contributed by atoms with van der Waals surface area (Å²) in [6, 6.07) is 5.35. The van der Waals surface area contributed by atoms with Crippen LogP contribution in [0.1, 0.15) is 12.8 Å². The van der Waals surface area contributed by atoms with E-state index in [1.807, 2.05) is 0 Å². The van der Waals surface area contributed by atoms with Gasteiger partial charge in [-0.3, -0.25) is 4.79 Å². The highest BCUT2D eigenvalue weighted by Gasteiger charge is 2.30. The molecule has 0 bridgehead atoms. The fourth-order valence-electron chi connectivity index (χ4n) is 2.36. The van der Waals surface area contributed by atoms with E-state index in [9.17, 15) is 4.79 Å². The molecule has 0 unspecified atom stereocenters. The van der Waals surface area contributed by atoms with Gasteiger partial charge in [0, 0.05) is 25.1 Å². The smallest absolute Gasteiger partial charge is 0.253 e. The number of nitrogens with zero attached hydrogens (tertiary/aromatic N) is 3. The fourth-order valence-corrected chi connectivity index (χ4v) is 2.36. The van der Waals surface area contributed by atoms with E-state index < -0.39 is 6.10 Å². The van der Waals surface area contributed by atoms with Crippen molar-refractivity contribution in [3.63, 3.8) is 0 Å². The van der Waals surface area contributed by atoms with Crippen molar-refractivity contribution >= 4 is 36.4 Å². The highest BCUT2D eigenvalue weighted by molar-refractivity contribution is 5.95. The second-order valence-electron chi connectivity index (χ2n) is 4.87. The Hall–Kier alpha value is -1.67. The van der Waals surface area contributed by atoms with Crippen molar-refractivity contribution < 1.29 is 9.53 Å². The summed E-state index contributed by atoms with van der Waals surface area (Å²) in [5, 5.41) is 6.99. The Morgan fingerprint density at radius 3 is 2.83 bits per heavy atom. The van der Waals surface area contributed by atoms with Gasteiger partial charge in [-0.2, -0.15) is 5.10 Å². The van der Waals surface area contributed by atoms with Crippen molar-refractivity contribution in [2.24, 2.45) is 5.73 Å². The first kappa shape index (κ1) is 19.4. The van der Waals surface area contributed by atoms with Crippen LogP contribution in [0, 0.1) is 0 Å². The number of carbonyl (C=O) groups excluding carboxylic acids is 1. The zero-order chi connectivity index (χ0) is 14.7. The standard InChI is InChI=1S/C14H17N5O2.2ClH/c15-9-10-4-5-12(21-10)14(20)18-11-3-1-6-16-13(11)19-8-2-7-17-19;;/h1-3,6-8,10,12H,4-5,9,15H2,(H,18,20);2*1H/t10-,12+;;/m1../s1. The third-order valence-electron chi connectivity index (χ3n) is 3.43. The summed E-state index contributed by atoms with van der Waals surface area (Å²) in [4.78, 5) is 16.5. The third-order valence-corrected chi connectivity index (χ3v) is 3.43. The normalized spacial score (nSPS) is 19.5. The first-order chi connectivity index (χ1) is 10.3. The van der Waals surface area contributed by atoms with Gasteiger partial charge in [0.1, 0.15) is 6.10 Å². The van der Waals surface area contributed by atoms with E-state index in [2.05, 4.69) is 15.4 Å². The van der Waals surface area contributed by atoms with Gasteiger partial charge in [0.05, 0.1) is 11.8 Å². The summed E-state index contributed by atoms with van der Waals surface area (Å²) in [6.45, 7) is 0.440. The lowest BCUT2D eigenvalue weighted by atomic mass is 10.2. The molecule has 1 fully saturated rings. The number of amides is 1. The average molecular weight is 360 g/mol. The van der Waals surface area contributed by atoms with Crippen LogP contribution in [0.25, 0.3) is 5.82 Å². The summed E-state index contributed by atoms with van der Waals surface area (Å²) in [5.74, 6) is 0.400. The number of halogens is 2. The Labute approximate surface area is 146 Å². The quantitative estimate of drug-likeness (QED) is 0.863. The third kappa shape index (κ3) is 4.42. The molecular weight excluding hydrogens is 341 g/mol. The highest BCUT2D eigenvalue weighted by atomic mass is 35.5. The molecule has 0 radical (unpaired) electrons. The first-order valence-corrected chi connectivity index (χ1v) is 6.89. The van der Waals surface area contributed by atoms with Crippen LogP contribution in [0.2, 0.25) is 0 Å². The number of ether oxygens (including phenoxy) is 1. The number of carbonyl (C=O) groups is 1. The number of anilines is 1. The van der Waals surface area contributed by atoms with Gasteiger partial charge in [0.15, 0.2) is 5.82 Å². The van der Waals surface area contributed by atoms with E-state index in [-0.39, 0.29) is 36.8 Å². The molecule has 1 amide bonds. The molecule has 2 atom stereocenters. The predicted molar refractivity (Wildman–Crippen MR) is 91.4 cm³/mol. The topological polar surface area (TPSA) is 95.1 Å². The molecule has 9 heteroatoms. The van der Waals surface area contributed by atoms with E-state index >= 15 is 0 Å². The Balaban J connectivity index is 0.00000132. The van der Waals surface area contributed by atoms with Crippen molar-refractivity contribution in [1.29, 1.82) is 0 Å². The summed E-state index contributed by atoms with van der Waals surface area (Å²) in [6.07, 6.45) is 6.10. The van der Waals surface area contributed by atoms with Crippen LogP contribution in [0.15, 0.2) is 36.8 Å². The van der Waals surface area contributed by atoms with Crippen LogP contribution in [0.4, 0.5) is 5.69 Å². The molecule has 3 N–H and O–H groups in total. The van der Waals surface area contributed by atoms with Gasteiger partial charge in [-0.15, -0.1) is 24.8 Å². The van der Waals surface area contributed by atoms with Crippen LogP contribution >= 0.6 is 24.8 Å². The molecule has 2 aromatic rings. The molecule has 1 aliphatic rings. The Bertz CT molecular complexity index is 623. The van der Waals surface area contributed by atoms with Crippen LogP contribution in [-0.2, 0) is 9.53 Å². The second kappa shape index (κ2) is 8.83. The molecule has 126 valence electrons. The van der Waals surface area contributed by atoms with Gasteiger partial charge in [0.2, 0.25) is 0 Å². The molecule has 1 aliphatic heterocycles. The molecule has 7 nitrogen and oxygen atoms in total. The van der Waals surface area contributed by atoms with Crippen molar-refractivity contribution in [2.75, 3.05) is 11.9 Å². The molecule has 0 aromatic carbocycles. The van der Waals surface area contributed by atoms with Crippen molar-refractivity contribution in [2.45, 2.75) is 25.0 Å². The molecule has 3 heterocycles. The number of pyridine rings is 1. The zero-order valence-electron chi connectivity index (χ0n) is 12.3. The van der Waals surface area contributed by atoms with Gasteiger partial charge in [0.25, 0.3) is 5.91 Å². The minimum atomic E-state index is -0.454. The van der Waals surface area contributed by atoms with Crippen molar-refractivity contribution in [3.05, 3.63) is 36.8 Å². The number of hydrogen-bond donors (Lipinski definition) is 2. The SMILES string of the molecule is Cl.Cl.NC[C@H]1CC[C@@H](C(=O)Nc2cccnc2-n2cccn2)O1. The number of rotatable bonds is 4. The molecule has 23 heavy (non-hydrogen) atoms. The summed E-state index contributed by atoms with van der Waals surface area (Å²) in [5.41, 5.74) is 6.16. The zero-order valence-corrected chi connectivity index (χ0v) is 13.9. The van der Waals surface area contributed by atoms with Crippen molar-refractivity contribution in [1.82, 2.24) is 14.8 Å². The Morgan fingerprint density at radius 2 is 2.17 bits per heavy atom. The molecule has 3 rings (SSSR count). The van der Waals surface area contributed by atoms with Crippen LogP contribution < -0.4 is 11.1 Å². The van der Waals surface area contributed by atoms with E-state index in [1.54, 1.807) is 41.5 Å². The minimum Gasteiger partial charge on any atom is -0.364 e. The summed E-state index contributed by atoms with van der Waals surface area (Å²) < 4.78 is 7.20. The Kier molecular flexibility index (Phi) is 7.44. The predicted octanol–water partition coefficient (Wildman–Crippen LogP) is 1.56. The maximum absolute atomic E-state index is 12.3. The molecule has 0 spiro atoms. The van der Waals surface area contributed by atoms with Gasteiger partial charge < -0.3 is 15.8 Å². The van der Waals surface area contributed by atoms with E-state index in [4.69, 9.17) is 10.5 Å². The van der Waals surface area contributed by atoms with Crippen LogP contribution in [-0.4, -0.2) is 39.4 Å². The van der Waals surface area contributed by atoms with E-state index in [0.29, 0.717) is 24.5 Å². The maximum atomic E-state index is 12.3. The maximum Gasteiger partial charge on any atom is 0.253 e. The number of nitrogens with one attached hydrogen (secondary N) is 1. The largest absolute Gasteiger partial charge is 0.364 e.